The van der Waals surface area contributed by atoms with Crippen LogP contribution in [0.1, 0.15) is 6.92 Å². The molecule has 0 aliphatic carbocycles. The van der Waals surface area contributed by atoms with Gasteiger partial charge in [0.1, 0.15) is 0 Å². The average molecular weight is 232 g/mol. The first-order valence-corrected chi connectivity index (χ1v) is 5.60. The topological polar surface area (TPSA) is 35.2 Å². The van der Waals surface area contributed by atoms with E-state index in [0.29, 0.717) is 16.9 Å². The molecule has 1 aromatic rings. The molecule has 0 aliphatic rings. The molecule has 2 N–H and O–H groups in total. The number of rotatable bonds is 4. The molecule has 0 aromatic heterocycles. The van der Waals surface area contributed by atoms with Crippen LogP contribution in [0.3, 0.4) is 0 Å². The fourth-order valence-electron chi connectivity index (χ4n) is 1.10. The van der Waals surface area contributed by atoms with Crippen molar-refractivity contribution in [1.82, 2.24) is 0 Å². The normalized spacial score (nSPS) is 12.8. The summed E-state index contributed by atoms with van der Waals surface area (Å²) in [7, 11) is 1.69. The van der Waals surface area contributed by atoms with Gasteiger partial charge in [0, 0.05) is 28.0 Å². The predicted octanol–water partition coefficient (Wildman–Crippen LogP) is 3.05. The maximum absolute atomic E-state index is 5.88. The highest BCUT2D eigenvalue weighted by Gasteiger charge is 2.07. The van der Waals surface area contributed by atoms with Crippen molar-refractivity contribution in [3.63, 3.8) is 0 Å². The number of benzene rings is 1. The fourth-order valence-corrected chi connectivity index (χ4v) is 2.37. The summed E-state index contributed by atoms with van der Waals surface area (Å²) in [6.07, 6.45) is 0. The van der Waals surface area contributed by atoms with Crippen LogP contribution in [0.2, 0.25) is 5.02 Å². The molecule has 0 fully saturated rings. The summed E-state index contributed by atoms with van der Waals surface area (Å²) in [6.45, 7) is 2.80. The Labute approximate surface area is 93.8 Å². The molecule has 1 rings (SSSR count). The van der Waals surface area contributed by atoms with E-state index in [1.807, 2.05) is 12.1 Å². The summed E-state index contributed by atoms with van der Waals surface area (Å²) in [5.74, 6) is 0. The van der Waals surface area contributed by atoms with Gasteiger partial charge in [-0.2, -0.15) is 0 Å². The van der Waals surface area contributed by atoms with Gasteiger partial charge in [0.2, 0.25) is 0 Å². The van der Waals surface area contributed by atoms with E-state index < -0.39 is 0 Å². The molecule has 2 nitrogen and oxygen atoms in total. The lowest BCUT2D eigenvalue weighted by Gasteiger charge is -2.11. The van der Waals surface area contributed by atoms with E-state index in [2.05, 4.69) is 6.92 Å². The third-order valence-electron chi connectivity index (χ3n) is 1.71. The number of hydrogen-bond donors (Lipinski definition) is 1. The molecule has 4 heteroatoms. The molecule has 0 saturated carbocycles. The standard InChI is InChI=1S/C10H14ClNOS/c1-7(6-13-2)14-10-5-8(11)3-4-9(10)12/h3-5,7H,6,12H2,1-2H3. The zero-order valence-corrected chi connectivity index (χ0v) is 9.86. The lowest BCUT2D eigenvalue weighted by atomic mass is 10.3. The molecule has 1 atom stereocenters. The zero-order valence-electron chi connectivity index (χ0n) is 8.29. The first-order chi connectivity index (χ1) is 6.63. The Morgan fingerprint density at radius 3 is 2.93 bits per heavy atom. The van der Waals surface area contributed by atoms with Crippen molar-refractivity contribution < 1.29 is 4.74 Å². The lowest BCUT2D eigenvalue weighted by molar-refractivity contribution is 0.203. The molecule has 78 valence electrons. The van der Waals surface area contributed by atoms with Crippen LogP contribution >= 0.6 is 23.4 Å². The van der Waals surface area contributed by atoms with Gasteiger partial charge >= 0.3 is 0 Å². The average Bonchev–Trinajstić information content (AvgIpc) is 2.12. The number of ether oxygens (including phenoxy) is 1. The predicted molar refractivity (Wildman–Crippen MR) is 63.1 cm³/mol. The number of hydrogen-bond acceptors (Lipinski definition) is 3. The highest BCUT2D eigenvalue weighted by atomic mass is 35.5. The largest absolute Gasteiger partial charge is 0.398 e. The van der Waals surface area contributed by atoms with Gasteiger partial charge < -0.3 is 10.5 Å². The maximum atomic E-state index is 5.88. The summed E-state index contributed by atoms with van der Waals surface area (Å²) >= 11 is 7.55. The van der Waals surface area contributed by atoms with Gasteiger partial charge in [0.05, 0.1) is 6.61 Å². The number of nitrogens with two attached hydrogens (primary N) is 1. The van der Waals surface area contributed by atoms with E-state index in [4.69, 9.17) is 22.1 Å². The van der Waals surface area contributed by atoms with Crippen LogP contribution in [0.4, 0.5) is 5.69 Å². The number of anilines is 1. The second kappa shape index (κ2) is 5.49. The first-order valence-electron chi connectivity index (χ1n) is 4.34. The molecule has 0 spiro atoms. The van der Waals surface area contributed by atoms with Gasteiger partial charge in [-0.3, -0.25) is 0 Å². The maximum Gasteiger partial charge on any atom is 0.0582 e. The van der Waals surface area contributed by atoms with Gasteiger partial charge in [0.15, 0.2) is 0 Å². The van der Waals surface area contributed by atoms with Crippen molar-refractivity contribution in [2.75, 3.05) is 19.5 Å². The monoisotopic (exact) mass is 231 g/mol. The molecule has 0 bridgehead atoms. The van der Waals surface area contributed by atoms with E-state index in [0.717, 1.165) is 10.6 Å². The Hall–Kier alpha value is -0.380. The molecule has 1 unspecified atom stereocenters. The smallest absolute Gasteiger partial charge is 0.0582 e. The Kier molecular flexibility index (Phi) is 4.58. The quantitative estimate of drug-likeness (QED) is 0.639. The van der Waals surface area contributed by atoms with Crippen molar-refractivity contribution in [1.29, 1.82) is 0 Å². The van der Waals surface area contributed by atoms with Crippen LogP contribution in [0.15, 0.2) is 23.1 Å². The third-order valence-corrected chi connectivity index (χ3v) is 3.09. The molecule has 0 heterocycles. The highest BCUT2D eigenvalue weighted by molar-refractivity contribution is 8.00. The second-order valence-corrected chi connectivity index (χ2v) is 4.98. The van der Waals surface area contributed by atoms with Crippen molar-refractivity contribution >= 4 is 29.1 Å². The zero-order chi connectivity index (χ0) is 10.6. The van der Waals surface area contributed by atoms with Crippen molar-refractivity contribution in [3.8, 4) is 0 Å². The summed E-state index contributed by atoms with van der Waals surface area (Å²) in [5.41, 5.74) is 6.58. The van der Waals surface area contributed by atoms with E-state index >= 15 is 0 Å². The van der Waals surface area contributed by atoms with E-state index in [9.17, 15) is 0 Å². The van der Waals surface area contributed by atoms with Gasteiger partial charge in [-0.1, -0.05) is 18.5 Å². The second-order valence-electron chi connectivity index (χ2n) is 3.07. The minimum atomic E-state index is 0.376. The Bertz CT molecular complexity index is 306. The van der Waals surface area contributed by atoms with Crippen molar-refractivity contribution in [2.45, 2.75) is 17.1 Å². The minimum absolute atomic E-state index is 0.376. The summed E-state index contributed by atoms with van der Waals surface area (Å²) in [4.78, 5) is 1.02. The Morgan fingerprint density at radius 2 is 2.29 bits per heavy atom. The molecule has 0 saturated heterocycles. The van der Waals surface area contributed by atoms with Crippen molar-refractivity contribution in [2.24, 2.45) is 0 Å². The number of methoxy groups -OCH3 is 1. The molecular formula is C10H14ClNOS. The molecule has 14 heavy (non-hydrogen) atoms. The number of nitrogen functional groups attached to an aromatic ring is 1. The fraction of sp³-hybridized carbons (Fsp3) is 0.400. The molecular weight excluding hydrogens is 218 g/mol. The minimum Gasteiger partial charge on any atom is -0.398 e. The third kappa shape index (κ3) is 3.40. The summed E-state index contributed by atoms with van der Waals surface area (Å²) < 4.78 is 5.05. The van der Waals surface area contributed by atoms with E-state index in [1.165, 1.54) is 0 Å². The molecule has 0 aliphatic heterocycles. The first kappa shape index (κ1) is 11.7. The van der Waals surface area contributed by atoms with Crippen LogP contribution in [0, 0.1) is 0 Å². The number of halogens is 1. The van der Waals surface area contributed by atoms with Gasteiger partial charge in [0.25, 0.3) is 0 Å². The van der Waals surface area contributed by atoms with E-state index in [1.54, 1.807) is 24.9 Å². The van der Waals surface area contributed by atoms with Crippen LogP contribution in [-0.4, -0.2) is 19.0 Å². The highest BCUT2D eigenvalue weighted by Crippen LogP contribution is 2.31. The van der Waals surface area contributed by atoms with Crippen LogP contribution in [0.5, 0.6) is 0 Å². The molecule has 0 radical (unpaired) electrons. The van der Waals surface area contributed by atoms with Gasteiger partial charge in [-0.25, -0.2) is 0 Å². The summed E-state index contributed by atoms with van der Waals surface area (Å²) in [6, 6.07) is 5.50. The van der Waals surface area contributed by atoms with Gasteiger partial charge in [-0.15, -0.1) is 11.8 Å². The Morgan fingerprint density at radius 1 is 1.57 bits per heavy atom. The van der Waals surface area contributed by atoms with Crippen molar-refractivity contribution in [3.05, 3.63) is 23.2 Å². The Balaban J connectivity index is 2.70. The van der Waals surface area contributed by atoms with Gasteiger partial charge in [-0.05, 0) is 18.2 Å². The molecule has 0 amide bonds. The van der Waals surface area contributed by atoms with E-state index in [-0.39, 0.29) is 0 Å². The lowest BCUT2D eigenvalue weighted by Crippen LogP contribution is -2.05. The number of thioether (sulfide) groups is 1. The van der Waals surface area contributed by atoms with Crippen LogP contribution < -0.4 is 5.73 Å². The SMILES string of the molecule is COCC(C)Sc1cc(Cl)ccc1N. The summed E-state index contributed by atoms with van der Waals surface area (Å²) in [5, 5.41) is 1.09. The van der Waals surface area contributed by atoms with Crippen LogP contribution in [-0.2, 0) is 4.74 Å². The van der Waals surface area contributed by atoms with Crippen LogP contribution in [0.25, 0.3) is 0 Å². The molecule has 1 aromatic carbocycles.